The summed E-state index contributed by atoms with van der Waals surface area (Å²) in [6.07, 6.45) is -41.0. The third-order valence-electron chi connectivity index (χ3n) is 23.6. The second-order valence-corrected chi connectivity index (χ2v) is 29.0. The van der Waals surface area contributed by atoms with Gasteiger partial charge in [0, 0.05) is 12.3 Å². The molecule has 0 bridgehead atoms. The molecule has 528 valence electrons. The standard InChI is InChI=1S/C62H100O30/c1-22-9-14-62(80-20-22)23(2)36-32(92-62)16-30-28-8-7-26-15-27(10-12-60(26,5)29(28)11-13-61(30,36)6)83-57-47(77)43(73)50(34(18-64)85-57)88-59-53(41(71)39(69)33(17-63)84-59)91-58-48(78)52(90-54-44(74)38(68)31(66)21-79-54)51(35(19-65)86-58)89-56-46(76)42(72)49(25(4)82-56)87-55-45(75)40(70)37(67)24(3)81-55/h7,22-25,27-59,63-78H,8-21H2,1-6H3/t22-,23?,24+,25+,27+,28?,29?,30?,31+,32?,33-,34-,35-,36?,37+,38-,39-,40-,41+,42+,43-,44+,45-,46-,47-,48-,49+,50+,51-,52-,53-,54-,55+,56+,57-,58-,59+,60+,61+,62-/m1/s1. The molecule has 0 aromatic heterocycles. The zero-order valence-electron chi connectivity index (χ0n) is 52.7. The van der Waals surface area contributed by atoms with Gasteiger partial charge in [0.25, 0.3) is 0 Å². The molecule has 30 heteroatoms. The monoisotopic (exact) mass is 1320 g/mol. The van der Waals surface area contributed by atoms with E-state index in [9.17, 15) is 81.7 Å². The summed E-state index contributed by atoms with van der Waals surface area (Å²) in [5.41, 5.74) is 1.34. The number of aliphatic hydroxyl groups is 16. The lowest BCUT2D eigenvalue weighted by Crippen LogP contribution is -2.69. The molecule has 0 amide bonds. The first kappa shape index (κ1) is 70.4. The topological polar surface area (TPSA) is 453 Å². The maximum absolute atomic E-state index is 12.3. The molecule has 12 aliphatic rings. The minimum Gasteiger partial charge on any atom is -0.394 e. The summed E-state index contributed by atoms with van der Waals surface area (Å²) < 4.78 is 85.5. The zero-order chi connectivity index (χ0) is 65.9. The Bertz CT molecular complexity index is 2500. The summed E-state index contributed by atoms with van der Waals surface area (Å²) >= 11 is 0. The minimum atomic E-state index is -2.22. The van der Waals surface area contributed by atoms with Crippen LogP contribution in [0.25, 0.3) is 0 Å². The van der Waals surface area contributed by atoms with Crippen LogP contribution >= 0.6 is 0 Å². The molecule has 4 aliphatic carbocycles. The summed E-state index contributed by atoms with van der Waals surface area (Å²) in [7, 11) is 0. The van der Waals surface area contributed by atoms with Crippen molar-refractivity contribution in [2.75, 3.05) is 33.0 Å². The van der Waals surface area contributed by atoms with Crippen LogP contribution in [0.4, 0.5) is 0 Å². The van der Waals surface area contributed by atoms with Crippen molar-refractivity contribution >= 4 is 0 Å². The van der Waals surface area contributed by atoms with Crippen molar-refractivity contribution < 1.29 is 148 Å². The molecule has 8 heterocycles. The van der Waals surface area contributed by atoms with E-state index in [0.29, 0.717) is 48.3 Å². The van der Waals surface area contributed by atoms with Crippen LogP contribution in [0.5, 0.6) is 0 Å². The molecule has 6 unspecified atom stereocenters. The average Bonchev–Trinajstić information content (AvgIpc) is 1.49. The number of hydrogen-bond acceptors (Lipinski definition) is 30. The van der Waals surface area contributed by atoms with Gasteiger partial charge in [-0.3, -0.25) is 0 Å². The normalized spacial score (nSPS) is 57.1. The summed E-state index contributed by atoms with van der Waals surface area (Å²) in [6, 6.07) is 0. The molecule has 0 radical (unpaired) electrons. The SMILES string of the molecule is CC1C2C(CC3C4CC=C5C[C@@H](O[C@@H]6O[C@H](CO)[C@H](O[C@@H]7O[C@H](CO)[C@@H](O)[C@H](O)[C@H]7O[C@H]7O[C@H](CO)[C@@H](O[C@@H]8O[C@@H](C)[C@H](O[C@@H]9O[C@@H](C)[C@H](O)[C@@H](O)[C@H]9O)[C@@H](O)[C@H]8O)[C@H](O[C@H]8OC[C@H](O)[C@@H](O)[C@@H]8O)[C@H]7O)[C@H](O)[C@H]6O)CC[C@]5(C)C4CC[C@@]32C)O[C@]12CC[C@@H](C)CO2. The Kier molecular flexibility index (Phi) is 21.1. The Hall–Kier alpha value is -1.46. The molecule has 8 saturated heterocycles. The third kappa shape index (κ3) is 12.4. The quantitative estimate of drug-likeness (QED) is 0.0686. The largest absolute Gasteiger partial charge is 0.394 e. The highest BCUT2D eigenvalue weighted by Crippen LogP contribution is 2.71. The van der Waals surface area contributed by atoms with Crippen LogP contribution in [0, 0.1) is 46.3 Å². The van der Waals surface area contributed by atoms with E-state index in [0.717, 1.165) is 51.6 Å². The van der Waals surface area contributed by atoms with Crippen LogP contribution in [-0.2, 0) is 66.3 Å². The van der Waals surface area contributed by atoms with Crippen LogP contribution in [0.3, 0.4) is 0 Å². The lowest BCUT2D eigenvalue weighted by atomic mass is 9.47. The number of fused-ring (bicyclic) bond motifs is 7. The van der Waals surface area contributed by atoms with Gasteiger partial charge in [-0.05, 0) is 106 Å². The van der Waals surface area contributed by atoms with Crippen molar-refractivity contribution in [1.82, 2.24) is 0 Å². The maximum atomic E-state index is 12.3. The van der Waals surface area contributed by atoms with Gasteiger partial charge in [-0.15, -0.1) is 0 Å². The van der Waals surface area contributed by atoms with E-state index in [1.807, 2.05) is 0 Å². The van der Waals surface area contributed by atoms with Gasteiger partial charge < -0.3 is 148 Å². The first-order valence-electron chi connectivity index (χ1n) is 33.2. The summed E-state index contributed by atoms with van der Waals surface area (Å²) in [4.78, 5) is 0. The number of hydrogen-bond donors (Lipinski definition) is 16. The van der Waals surface area contributed by atoms with Crippen molar-refractivity contribution in [3.8, 4) is 0 Å². The second-order valence-electron chi connectivity index (χ2n) is 29.0. The van der Waals surface area contributed by atoms with Gasteiger partial charge in [0.2, 0.25) is 0 Å². The average molecular weight is 1330 g/mol. The molecule has 0 aromatic rings. The highest BCUT2D eigenvalue weighted by Gasteiger charge is 2.69. The molecule has 40 atom stereocenters. The molecule has 3 saturated carbocycles. The van der Waals surface area contributed by atoms with Crippen molar-refractivity contribution in [3.05, 3.63) is 11.6 Å². The highest BCUT2D eigenvalue weighted by atomic mass is 16.8. The number of allylic oxidation sites excluding steroid dienone is 1. The van der Waals surface area contributed by atoms with Gasteiger partial charge in [0.15, 0.2) is 43.5 Å². The van der Waals surface area contributed by atoms with Gasteiger partial charge in [0.05, 0.1) is 57.5 Å². The highest BCUT2D eigenvalue weighted by molar-refractivity contribution is 5.27. The zero-order valence-corrected chi connectivity index (χ0v) is 52.7. The molecule has 8 aliphatic heterocycles. The van der Waals surface area contributed by atoms with Gasteiger partial charge in [-0.1, -0.05) is 39.3 Å². The van der Waals surface area contributed by atoms with Gasteiger partial charge in [-0.2, -0.15) is 0 Å². The van der Waals surface area contributed by atoms with E-state index in [4.69, 9.17) is 66.3 Å². The molecular weight excluding hydrogens is 1220 g/mol. The van der Waals surface area contributed by atoms with Crippen LogP contribution in [0.1, 0.15) is 99.3 Å². The van der Waals surface area contributed by atoms with E-state index < -0.39 is 216 Å². The fraction of sp³-hybridized carbons (Fsp3) is 0.968. The number of rotatable bonds is 15. The van der Waals surface area contributed by atoms with Gasteiger partial charge >= 0.3 is 0 Å². The second kappa shape index (κ2) is 27.6. The Morgan fingerprint density at radius 2 is 1.04 bits per heavy atom. The Morgan fingerprint density at radius 1 is 0.478 bits per heavy atom. The van der Waals surface area contributed by atoms with Crippen molar-refractivity contribution in [2.45, 2.75) is 295 Å². The van der Waals surface area contributed by atoms with Gasteiger partial charge in [-0.25, -0.2) is 0 Å². The predicted octanol–water partition coefficient (Wildman–Crippen LogP) is -4.65. The molecule has 12 rings (SSSR count). The first-order chi connectivity index (χ1) is 43.7. The first-order valence-corrected chi connectivity index (χ1v) is 33.2. The Morgan fingerprint density at radius 3 is 1.72 bits per heavy atom. The molecule has 11 fully saturated rings. The van der Waals surface area contributed by atoms with E-state index in [1.54, 1.807) is 0 Å². The number of aliphatic hydroxyl groups excluding tert-OH is 16. The van der Waals surface area contributed by atoms with Crippen LogP contribution in [-0.4, -0.2) is 311 Å². The molecule has 1 spiro atoms. The van der Waals surface area contributed by atoms with Crippen LogP contribution in [0.2, 0.25) is 0 Å². The van der Waals surface area contributed by atoms with Crippen molar-refractivity contribution in [3.63, 3.8) is 0 Å². The predicted molar refractivity (Wildman–Crippen MR) is 305 cm³/mol. The lowest BCUT2D eigenvalue weighted by molar-refractivity contribution is -0.409. The molecule has 0 aromatic carbocycles. The smallest absolute Gasteiger partial charge is 0.187 e. The fourth-order valence-electron chi connectivity index (χ4n) is 18.2. The molecule has 16 N–H and O–H groups in total. The Labute approximate surface area is 533 Å². The van der Waals surface area contributed by atoms with Crippen molar-refractivity contribution in [1.29, 1.82) is 0 Å². The Balaban J connectivity index is 0.717. The summed E-state index contributed by atoms with van der Waals surface area (Å²) in [5, 5.41) is 177. The van der Waals surface area contributed by atoms with E-state index in [-0.39, 0.29) is 16.9 Å². The van der Waals surface area contributed by atoms with E-state index >= 15 is 0 Å². The van der Waals surface area contributed by atoms with E-state index in [2.05, 4.69) is 33.8 Å². The van der Waals surface area contributed by atoms with Gasteiger partial charge in [0.1, 0.15) is 128 Å². The lowest BCUT2D eigenvalue weighted by Gasteiger charge is -2.58. The van der Waals surface area contributed by atoms with E-state index in [1.165, 1.54) is 19.4 Å². The van der Waals surface area contributed by atoms with Crippen molar-refractivity contribution in [2.24, 2.45) is 46.3 Å². The fourth-order valence-corrected chi connectivity index (χ4v) is 18.2. The molecule has 92 heavy (non-hydrogen) atoms. The maximum Gasteiger partial charge on any atom is 0.187 e. The minimum absolute atomic E-state index is 0.0866. The number of ether oxygens (including phenoxy) is 14. The van der Waals surface area contributed by atoms with Crippen LogP contribution < -0.4 is 0 Å². The third-order valence-corrected chi connectivity index (χ3v) is 23.6. The summed E-state index contributed by atoms with van der Waals surface area (Å²) in [6.45, 7) is 9.62. The molecular formula is C62H100O30. The molecule has 30 nitrogen and oxygen atoms in total. The summed E-state index contributed by atoms with van der Waals surface area (Å²) in [5.74, 6) is 2.27. The van der Waals surface area contributed by atoms with Crippen LogP contribution in [0.15, 0.2) is 11.6 Å².